The largest absolute Gasteiger partial charge is 1.00 e. The number of anilines is 3. The smallest absolute Gasteiger partial charge is 0.545 e. The average Bonchev–Trinajstić information content (AvgIpc) is 2.96. The molecule has 0 saturated carbocycles. The second-order valence-corrected chi connectivity index (χ2v) is 9.08. The van der Waals surface area contributed by atoms with E-state index in [1.807, 2.05) is 31.2 Å². The topological polar surface area (TPSA) is 124 Å². The van der Waals surface area contributed by atoms with E-state index in [0.717, 1.165) is 5.56 Å². The molecule has 3 aromatic carbocycles. The van der Waals surface area contributed by atoms with E-state index in [-0.39, 0.29) is 60.2 Å². The number of hydroxylamine groups is 2. The number of nitrogens with one attached hydrogen (secondary N) is 1. The molecule has 3 aromatic rings. The Balaban J connectivity index is 0.00000616. The number of nitrogens with zero attached hydrogens (tertiary/aromatic N) is 3. The molecule has 0 fully saturated rings. The second kappa shape index (κ2) is 16.7. The van der Waals surface area contributed by atoms with Crippen LogP contribution in [0.5, 0.6) is 11.5 Å². The number of aryl methyl sites for hydroxylation is 1. The fraction of sp³-hybridized carbons (Fsp3) is 0.300. The summed E-state index contributed by atoms with van der Waals surface area (Å²) < 4.78 is 11.4. The molecule has 42 heavy (non-hydrogen) atoms. The van der Waals surface area contributed by atoms with Crippen molar-refractivity contribution in [3.05, 3.63) is 77.9 Å². The van der Waals surface area contributed by atoms with Crippen molar-refractivity contribution < 1.29 is 63.4 Å². The molecule has 0 bridgehead atoms. The number of carboxylic acid groups (broad SMARTS) is 1. The van der Waals surface area contributed by atoms with Gasteiger partial charge in [0.25, 0.3) is 0 Å². The third-order valence-corrected chi connectivity index (χ3v) is 6.34. The number of carbonyl (C=O) groups excluding carboxylic acids is 3. The Kier molecular flexibility index (Phi) is 13.8. The van der Waals surface area contributed by atoms with Gasteiger partial charge in [-0.05, 0) is 60.5 Å². The summed E-state index contributed by atoms with van der Waals surface area (Å²) in [5.74, 6) is -0.636. The Morgan fingerprint density at radius 1 is 0.929 bits per heavy atom. The van der Waals surface area contributed by atoms with Gasteiger partial charge in [0, 0.05) is 38.8 Å². The first kappa shape index (κ1) is 34.6. The van der Waals surface area contributed by atoms with Crippen molar-refractivity contribution in [3.63, 3.8) is 0 Å². The molecular formula is C30H35N4NaO7. The Morgan fingerprint density at radius 2 is 1.62 bits per heavy atom. The molecule has 0 saturated heterocycles. The van der Waals surface area contributed by atoms with Crippen LogP contribution in [0.15, 0.2) is 66.7 Å². The summed E-state index contributed by atoms with van der Waals surface area (Å²) in [5, 5.41) is 15.5. The summed E-state index contributed by atoms with van der Waals surface area (Å²) in [6.07, 6.45) is 0. The number of likely N-dealkylation sites (N-methyl/N-ethyl adjacent to an activating group) is 1. The zero-order valence-corrected chi connectivity index (χ0v) is 26.9. The molecule has 0 unspecified atom stereocenters. The Bertz CT molecular complexity index is 1350. The molecule has 0 aliphatic carbocycles. The molecular weight excluding hydrogens is 551 g/mol. The van der Waals surface area contributed by atoms with Gasteiger partial charge in [-0.3, -0.25) is 9.69 Å². The van der Waals surface area contributed by atoms with Gasteiger partial charge in [0.2, 0.25) is 5.91 Å². The number of benzene rings is 3. The zero-order chi connectivity index (χ0) is 29.9. The monoisotopic (exact) mass is 586 g/mol. The predicted molar refractivity (Wildman–Crippen MR) is 154 cm³/mol. The predicted octanol–water partition coefficient (Wildman–Crippen LogP) is 0.144. The van der Waals surface area contributed by atoms with E-state index in [9.17, 15) is 19.5 Å². The van der Waals surface area contributed by atoms with Gasteiger partial charge in [-0.15, -0.1) is 0 Å². The van der Waals surface area contributed by atoms with Crippen molar-refractivity contribution in [2.75, 3.05) is 57.3 Å². The fourth-order valence-electron chi connectivity index (χ4n) is 4.08. The summed E-state index contributed by atoms with van der Waals surface area (Å²) in [4.78, 5) is 45.2. The van der Waals surface area contributed by atoms with Crippen LogP contribution in [0, 0.1) is 6.92 Å². The number of carboxylic acids is 1. The van der Waals surface area contributed by atoms with Crippen LogP contribution in [-0.2, 0) is 9.63 Å². The minimum absolute atomic E-state index is 0. The number of carbonyl (C=O) groups is 3. The van der Waals surface area contributed by atoms with Gasteiger partial charge >= 0.3 is 35.6 Å². The molecule has 218 valence electrons. The normalized spacial score (nSPS) is 10.4. The van der Waals surface area contributed by atoms with Crippen molar-refractivity contribution in [1.29, 1.82) is 0 Å². The molecule has 0 spiro atoms. The van der Waals surface area contributed by atoms with Crippen LogP contribution in [0.4, 0.5) is 21.9 Å². The van der Waals surface area contributed by atoms with Crippen LogP contribution in [0.2, 0.25) is 0 Å². The van der Waals surface area contributed by atoms with Crippen molar-refractivity contribution in [2.45, 2.75) is 13.8 Å². The van der Waals surface area contributed by atoms with E-state index >= 15 is 0 Å². The Hall–Kier alpha value is -3.61. The van der Waals surface area contributed by atoms with E-state index < -0.39 is 5.97 Å². The summed E-state index contributed by atoms with van der Waals surface area (Å²) >= 11 is 0. The van der Waals surface area contributed by atoms with Crippen LogP contribution >= 0.6 is 0 Å². The first-order valence-corrected chi connectivity index (χ1v) is 13.0. The van der Waals surface area contributed by atoms with Crippen molar-refractivity contribution in [2.24, 2.45) is 0 Å². The maximum Gasteiger partial charge on any atom is 1.00 e. The van der Waals surface area contributed by atoms with Crippen LogP contribution in [0.1, 0.15) is 22.8 Å². The Labute approximate surface area is 268 Å². The van der Waals surface area contributed by atoms with Gasteiger partial charge in [-0.25, -0.2) is 4.79 Å². The molecule has 0 atom stereocenters. The van der Waals surface area contributed by atoms with Gasteiger partial charge < -0.3 is 34.4 Å². The van der Waals surface area contributed by atoms with Crippen LogP contribution < -0.4 is 59.3 Å². The number of hydrogen-bond donors (Lipinski definition) is 1. The number of para-hydroxylation sites is 1. The summed E-state index contributed by atoms with van der Waals surface area (Å²) in [6.45, 7) is 4.56. The third-order valence-electron chi connectivity index (χ3n) is 6.34. The second-order valence-electron chi connectivity index (χ2n) is 9.08. The zero-order valence-electron chi connectivity index (χ0n) is 24.9. The molecule has 0 heterocycles. The molecule has 11 nitrogen and oxygen atoms in total. The number of urea groups is 1. The SMILES string of the molecule is COc1cc(N(CCOc2ccc(C(=O)[O-])cc2)C(C)=O)ccc1N(C(=O)NCCN(C)OC)c1ccccc1C.[Na+]. The molecule has 0 aromatic heterocycles. The van der Waals surface area contributed by atoms with Crippen LogP contribution in [0.3, 0.4) is 0 Å². The van der Waals surface area contributed by atoms with Crippen LogP contribution in [0.25, 0.3) is 0 Å². The Morgan fingerprint density at radius 3 is 2.21 bits per heavy atom. The third kappa shape index (κ3) is 9.20. The molecule has 12 heteroatoms. The van der Waals surface area contributed by atoms with Gasteiger partial charge in [-0.2, -0.15) is 5.06 Å². The summed E-state index contributed by atoms with van der Waals surface area (Å²) in [7, 11) is 4.83. The first-order chi connectivity index (χ1) is 19.7. The molecule has 1 N–H and O–H groups in total. The quantitative estimate of drug-likeness (QED) is 0.222. The number of amides is 3. The van der Waals surface area contributed by atoms with E-state index in [2.05, 4.69) is 5.32 Å². The van der Waals surface area contributed by atoms with Crippen molar-refractivity contribution in [1.82, 2.24) is 10.4 Å². The number of hydrogen-bond acceptors (Lipinski definition) is 8. The van der Waals surface area contributed by atoms with E-state index in [0.29, 0.717) is 41.7 Å². The van der Waals surface area contributed by atoms with Gasteiger partial charge in [0.05, 0.1) is 38.1 Å². The maximum atomic E-state index is 13.5. The maximum absolute atomic E-state index is 13.5. The van der Waals surface area contributed by atoms with E-state index in [1.165, 1.54) is 43.2 Å². The first-order valence-electron chi connectivity index (χ1n) is 13.0. The fourth-order valence-corrected chi connectivity index (χ4v) is 4.08. The van der Waals surface area contributed by atoms with Crippen molar-refractivity contribution in [3.8, 4) is 11.5 Å². The minimum Gasteiger partial charge on any atom is -0.545 e. The molecule has 0 radical (unpaired) electrons. The summed E-state index contributed by atoms with van der Waals surface area (Å²) in [5.41, 5.74) is 2.66. The van der Waals surface area contributed by atoms with Gasteiger partial charge in [0.15, 0.2) is 0 Å². The van der Waals surface area contributed by atoms with Gasteiger partial charge in [-0.1, -0.05) is 18.2 Å². The molecule has 3 rings (SSSR count). The molecule has 3 amide bonds. The minimum atomic E-state index is -1.27. The van der Waals surface area contributed by atoms with Gasteiger partial charge in [0.1, 0.15) is 18.1 Å². The number of ether oxygens (including phenoxy) is 2. The number of rotatable bonds is 13. The number of aromatic carboxylic acids is 1. The molecule has 0 aliphatic heterocycles. The average molecular weight is 587 g/mol. The molecule has 0 aliphatic rings. The van der Waals surface area contributed by atoms with Crippen molar-refractivity contribution >= 4 is 35.0 Å². The van der Waals surface area contributed by atoms with E-state index in [1.54, 1.807) is 42.3 Å². The standard InChI is InChI=1S/C30H36N4O7.Na/c1-21-8-6-7-9-26(21)34(30(38)31-16-17-32(3)40-5)27-15-12-24(20-28(27)39-4)33(22(2)35)18-19-41-25-13-10-23(11-14-25)29(36)37;/h6-15,20H,16-19H2,1-5H3,(H,31,38)(H,36,37);/q;+1/p-1. The summed E-state index contributed by atoms with van der Waals surface area (Å²) in [6, 6.07) is 18.2. The van der Waals surface area contributed by atoms with E-state index in [4.69, 9.17) is 14.3 Å². The number of methoxy groups -OCH3 is 1. The van der Waals surface area contributed by atoms with Crippen LogP contribution in [-0.4, -0.2) is 70.5 Å².